The minimum Gasteiger partial charge on any atom is -0.383 e. The van der Waals surface area contributed by atoms with Crippen molar-refractivity contribution in [2.45, 2.75) is 38.3 Å². The van der Waals surface area contributed by atoms with Crippen molar-refractivity contribution in [2.24, 2.45) is 0 Å². The van der Waals surface area contributed by atoms with Crippen molar-refractivity contribution in [3.63, 3.8) is 0 Å². The highest BCUT2D eigenvalue weighted by Crippen LogP contribution is 2.42. The van der Waals surface area contributed by atoms with Gasteiger partial charge in [-0.25, -0.2) is 4.98 Å². The molecule has 3 rings (SSSR count). The summed E-state index contributed by atoms with van der Waals surface area (Å²) in [6, 6.07) is 11.5. The monoisotopic (exact) mass is 285 g/mol. The molecule has 1 N–H and O–H groups in total. The summed E-state index contributed by atoms with van der Waals surface area (Å²) in [5.41, 5.74) is 2.45. The van der Waals surface area contributed by atoms with Gasteiger partial charge in [0.15, 0.2) is 0 Å². The molecule has 4 heteroatoms. The molecule has 112 valence electrons. The highest BCUT2D eigenvalue weighted by molar-refractivity contribution is 5.39. The third-order valence-corrected chi connectivity index (χ3v) is 4.07. The third kappa shape index (κ3) is 3.10. The number of aryl methyl sites for hydroxylation is 1. The first-order chi connectivity index (χ1) is 10.2. The van der Waals surface area contributed by atoms with Gasteiger partial charge in [-0.2, -0.15) is 0 Å². The van der Waals surface area contributed by atoms with Crippen LogP contribution in [0.15, 0.2) is 36.5 Å². The molecule has 0 spiro atoms. The number of nitrogens with one attached hydrogen (secondary N) is 1. The molecule has 21 heavy (non-hydrogen) atoms. The van der Waals surface area contributed by atoms with Crippen molar-refractivity contribution in [3.8, 4) is 0 Å². The van der Waals surface area contributed by atoms with E-state index in [0.717, 1.165) is 11.6 Å². The molecule has 3 unspecified atom stereocenters. The Morgan fingerprint density at radius 3 is 2.86 bits per heavy atom. The lowest BCUT2D eigenvalue weighted by molar-refractivity contribution is 0.163. The van der Waals surface area contributed by atoms with Crippen molar-refractivity contribution in [3.05, 3.63) is 47.8 Å². The smallest absolute Gasteiger partial charge is 0.203 e. The van der Waals surface area contributed by atoms with Crippen LogP contribution in [0, 0.1) is 6.92 Å². The number of rotatable bonds is 6. The predicted molar refractivity (Wildman–Crippen MR) is 84.8 cm³/mol. The average Bonchev–Trinajstić information content (AvgIpc) is 3.15. The van der Waals surface area contributed by atoms with Crippen LogP contribution in [-0.4, -0.2) is 29.3 Å². The minimum atomic E-state index is 0.285. The second-order valence-electron chi connectivity index (χ2n) is 5.92. The molecule has 0 saturated heterocycles. The van der Waals surface area contributed by atoms with Gasteiger partial charge < -0.3 is 14.6 Å². The van der Waals surface area contributed by atoms with E-state index in [9.17, 15) is 0 Å². The Morgan fingerprint density at radius 1 is 1.38 bits per heavy atom. The largest absolute Gasteiger partial charge is 0.383 e. The topological polar surface area (TPSA) is 39.1 Å². The highest BCUT2D eigenvalue weighted by Gasteiger charge is 2.39. The van der Waals surface area contributed by atoms with E-state index in [1.54, 1.807) is 7.11 Å². The normalized spacial score (nSPS) is 22.0. The number of aromatic nitrogens is 2. The van der Waals surface area contributed by atoms with Gasteiger partial charge in [-0.1, -0.05) is 30.3 Å². The predicted octanol–water partition coefficient (Wildman–Crippen LogP) is 3.37. The van der Waals surface area contributed by atoms with E-state index >= 15 is 0 Å². The maximum absolute atomic E-state index is 5.26. The molecule has 0 radical (unpaired) electrons. The van der Waals surface area contributed by atoms with Gasteiger partial charge in [0, 0.05) is 25.3 Å². The number of anilines is 1. The molecule has 0 aliphatic heterocycles. The van der Waals surface area contributed by atoms with E-state index in [0.29, 0.717) is 18.6 Å². The summed E-state index contributed by atoms with van der Waals surface area (Å²) in [5, 5.41) is 3.59. The fourth-order valence-electron chi connectivity index (χ4n) is 2.87. The molecule has 1 aliphatic carbocycles. The first kappa shape index (κ1) is 14.1. The molecule has 1 aliphatic rings. The van der Waals surface area contributed by atoms with E-state index in [2.05, 4.69) is 58.3 Å². The summed E-state index contributed by atoms with van der Waals surface area (Å²) in [5.74, 6) is 1.56. The number of hydrogen-bond acceptors (Lipinski definition) is 3. The number of methoxy groups -OCH3 is 1. The summed E-state index contributed by atoms with van der Waals surface area (Å²) in [6.07, 6.45) is 3.26. The molecule has 1 aromatic carbocycles. The number of nitrogens with zero attached hydrogens (tertiary/aromatic N) is 2. The van der Waals surface area contributed by atoms with Crippen LogP contribution in [0.25, 0.3) is 0 Å². The van der Waals surface area contributed by atoms with Crippen LogP contribution in [0.1, 0.15) is 36.6 Å². The number of ether oxygens (including phenoxy) is 1. The van der Waals surface area contributed by atoms with E-state index < -0.39 is 0 Å². The first-order valence-corrected chi connectivity index (χ1v) is 7.55. The quantitative estimate of drug-likeness (QED) is 0.884. The lowest BCUT2D eigenvalue weighted by Gasteiger charge is -2.16. The molecular weight excluding hydrogens is 262 g/mol. The Morgan fingerprint density at radius 2 is 2.14 bits per heavy atom. The van der Waals surface area contributed by atoms with Crippen molar-refractivity contribution in [1.29, 1.82) is 0 Å². The first-order valence-electron chi connectivity index (χ1n) is 7.55. The highest BCUT2D eigenvalue weighted by atomic mass is 16.5. The van der Waals surface area contributed by atoms with Crippen LogP contribution in [0.3, 0.4) is 0 Å². The van der Waals surface area contributed by atoms with Crippen LogP contribution in [0.5, 0.6) is 0 Å². The SMILES string of the molecule is COCC(C)n1cc(C)nc1NC1CC1c1ccccc1. The lowest BCUT2D eigenvalue weighted by Crippen LogP contribution is -2.16. The van der Waals surface area contributed by atoms with Gasteiger partial charge >= 0.3 is 0 Å². The maximum atomic E-state index is 5.26. The Labute approximate surface area is 126 Å². The van der Waals surface area contributed by atoms with E-state index in [1.165, 1.54) is 12.0 Å². The second kappa shape index (κ2) is 5.90. The van der Waals surface area contributed by atoms with Gasteiger partial charge in [-0.3, -0.25) is 0 Å². The number of hydrogen-bond donors (Lipinski definition) is 1. The molecule has 4 nitrogen and oxygen atoms in total. The van der Waals surface area contributed by atoms with E-state index in [1.807, 2.05) is 6.92 Å². The average molecular weight is 285 g/mol. The second-order valence-corrected chi connectivity index (χ2v) is 5.92. The summed E-state index contributed by atoms with van der Waals surface area (Å²) >= 11 is 0. The standard InChI is InChI=1S/C17H23N3O/c1-12-10-20(13(2)11-21-3)17(18-12)19-16-9-15(16)14-7-5-4-6-8-14/h4-8,10,13,15-16H,9,11H2,1-3H3,(H,18,19). The molecular formula is C17H23N3O. The van der Waals surface area contributed by atoms with Crippen LogP contribution in [0.4, 0.5) is 5.95 Å². The molecule has 3 atom stereocenters. The summed E-state index contributed by atoms with van der Waals surface area (Å²) < 4.78 is 7.44. The summed E-state index contributed by atoms with van der Waals surface area (Å²) in [4.78, 5) is 4.62. The molecule has 0 amide bonds. The third-order valence-electron chi connectivity index (χ3n) is 4.07. The summed E-state index contributed by atoms with van der Waals surface area (Å²) in [7, 11) is 1.74. The summed E-state index contributed by atoms with van der Waals surface area (Å²) in [6.45, 7) is 4.87. The van der Waals surface area contributed by atoms with Crippen LogP contribution in [0.2, 0.25) is 0 Å². The Balaban J connectivity index is 1.69. The minimum absolute atomic E-state index is 0.285. The zero-order valence-electron chi connectivity index (χ0n) is 12.9. The van der Waals surface area contributed by atoms with Gasteiger partial charge in [0.05, 0.1) is 18.3 Å². The number of imidazole rings is 1. The van der Waals surface area contributed by atoms with Crippen LogP contribution in [-0.2, 0) is 4.74 Å². The zero-order chi connectivity index (χ0) is 14.8. The zero-order valence-corrected chi connectivity index (χ0v) is 12.9. The van der Waals surface area contributed by atoms with E-state index in [4.69, 9.17) is 4.74 Å². The van der Waals surface area contributed by atoms with Gasteiger partial charge in [0.1, 0.15) is 0 Å². The van der Waals surface area contributed by atoms with Crippen molar-refractivity contribution < 1.29 is 4.74 Å². The fraction of sp³-hybridized carbons (Fsp3) is 0.471. The molecule has 1 fully saturated rings. The number of benzene rings is 1. The molecule has 1 saturated carbocycles. The van der Waals surface area contributed by atoms with Gasteiger partial charge in [-0.15, -0.1) is 0 Å². The maximum Gasteiger partial charge on any atom is 0.203 e. The Bertz CT molecular complexity index is 593. The van der Waals surface area contributed by atoms with E-state index in [-0.39, 0.29) is 6.04 Å². The van der Waals surface area contributed by atoms with Crippen molar-refractivity contribution in [2.75, 3.05) is 19.0 Å². The van der Waals surface area contributed by atoms with Crippen LogP contribution < -0.4 is 5.32 Å². The van der Waals surface area contributed by atoms with Crippen molar-refractivity contribution in [1.82, 2.24) is 9.55 Å². The lowest BCUT2D eigenvalue weighted by atomic mass is 10.1. The van der Waals surface area contributed by atoms with Gasteiger partial charge in [0.25, 0.3) is 0 Å². The molecule has 2 aromatic rings. The molecule has 1 heterocycles. The van der Waals surface area contributed by atoms with Gasteiger partial charge in [-0.05, 0) is 25.8 Å². The van der Waals surface area contributed by atoms with Crippen LogP contribution >= 0.6 is 0 Å². The fourth-order valence-corrected chi connectivity index (χ4v) is 2.87. The molecule has 0 bridgehead atoms. The Hall–Kier alpha value is -1.81. The Kier molecular flexibility index (Phi) is 3.97. The van der Waals surface area contributed by atoms with Crippen molar-refractivity contribution >= 4 is 5.95 Å². The molecule has 1 aromatic heterocycles. The van der Waals surface area contributed by atoms with Gasteiger partial charge in [0.2, 0.25) is 5.95 Å².